The Morgan fingerprint density at radius 1 is 1.27 bits per heavy atom. The van der Waals surface area contributed by atoms with Gasteiger partial charge in [-0.05, 0) is 12.1 Å². The summed E-state index contributed by atoms with van der Waals surface area (Å²) in [5, 5.41) is 8.69. The van der Waals surface area contributed by atoms with Gasteiger partial charge in [0.25, 0.3) is 0 Å². The van der Waals surface area contributed by atoms with Crippen molar-refractivity contribution >= 4 is 29.3 Å². The van der Waals surface area contributed by atoms with E-state index in [-0.39, 0.29) is 34.2 Å². The number of carbonyl (C=O) groups is 2. The molecular formula is C9H10AlO5. The third kappa shape index (κ3) is 4.61. The average molecular weight is 225 g/mol. The van der Waals surface area contributed by atoms with Gasteiger partial charge < -0.3 is 15.3 Å². The summed E-state index contributed by atoms with van der Waals surface area (Å²) in [5.74, 6) is -1.58. The van der Waals surface area contributed by atoms with Crippen LogP contribution in [0.4, 0.5) is 0 Å². The van der Waals surface area contributed by atoms with E-state index >= 15 is 0 Å². The number of aromatic carboxylic acids is 1. The number of rotatable bonds is 2. The van der Waals surface area contributed by atoms with Crippen LogP contribution in [-0.2, 0) is 4.79 Å². The highest BCUT2D eigenvalue weighted by atomic mass is 27.0. The van der Waals surface area contributed by atoms with Crippen LogP contribution in [-0.4, -0.2) is 39.9 Å². The maximum atomic E-state index is 10.6. The monoisotopic (exact) mass is 225 g/mol. The number of esters is 1. The van der Waals surface area contributed by atoms with E-state index in [1.807, 2.05) is 0 Å². The maximum absolute atomic E-state index is 10.6. The quantitative estimate of drug-likeness (QED) is 0.438. The zero-order valence-corrected chi connectivity index (χ0v) is 9.21. The Morgan fingerprint density at radius 2 is 1.80 bits per heavy atom. The highest BCUT2D eigenvalue weighted by Crippen LogP contribution is 2.17. The van der Waals surface area contributed by atoms with Crippen LogP contribution in [0.25, 0.3) is 0 Å². The van der Waals surface area contributed by atoms with Gasteiger partial charge in [-0.3, -0.25) is 4.79 Å². The molecule has 0 aliphatic rings. The molecule has 0 saturated carbocycles. The second-order valence-electron chi connectivity index (χ2n) is 2.39. The Kier molecular flexibility index (Phi) is 7.52. The number of benzene rings is 1. The van der Waals surface area contributed by atoms with Crippen LogP contribution in [0.1, 0.15) is 17.3 Å². The van der Waals surface area contributed by atoms with Gasteiger partial charge in [0.1, 0.15) is 11.3 Å². The molecule has 1 aromatic carbocycles. The molecule has 6 heteroatoms. The molecule has 3 radical (unpaired) electrons. The number of carbonyl (C=O) groups excluding carboxylic acids is 1. The molecule has 0 fully saturated rings. The lowest BCUT2D eigenvalue weighted by Crippen LogP contribution is -2.06. The molecular weight excluding hydrogens is 215 g/mol. The summed E-state index contributed by atoms with van der Waals surface area (Å²) < 4.78 is 4.69. The average Bonchev–Trinajstić information content (AvgIpc) is 2.03. The van der Waals surface area contributed by atoms with E-state index in [0.29, 0.717) is 0 Å². The Bertz CT molecular complexity index is 350. The van der Waals surface area contributed by atoms with Gasteiger partial charge in [-0.2, -0.15) is 0 Å². The van der Waals surface area contributed by atoms with Crippen molar-refractivity contribution in [1.29, 1.82) is 0 Å². The first kappa shape index (κ1) is 16.1. The second kappa shape index (κ2) is 7.01. The smallest absolute Gasteiger partial charge is 0.339 e. The van der Waals surface area contributed by atoms with Crippen molar-refractivity contribution in [2.24, 2.45) is 0 Å². The Balaban J connectivity index is 0. The Labute approximate surface area is 97.1 Å². The van der Waals surface area contributed by atoms with E-state index in [4.69, 9.17) is 5.11 Å². The van der Waals surface area contributed by atoms with Gasteiger partial charge in [0.15, 0.2) is 0 Å². The van der Waals surface area contributed by atoms with Crippen molar-refractivity contribution in [3.63, 3.8) is 0 Å². The Hall–Kier alpha value is -1.35. The molecule has 15 heavy (non-hydrogen) atoms. The van der Waals surface area contributed by atoms with Crippen LogP contribution in [0.15, 0.2) is 24.3 Å². The molecule has 79 valence electrons. The summed E-state index contributed by atoms with van der Waals surface area (Å²) in [6.45, 7) is 1.22. The van der Waals surface area contributed by atoms with Crippen LogP contribution in [0.2, 0.25) is 0 Å². The van der Waals surface area contributed by atoms with Gasteiger partial charge in [0.2, 0.25) is 0 Å². The minimum Gasteiger partial charge on any atom is -0.478 e. The first-order valence-electron chi connectivity index (χ1n) is 3.62. The van der Waals surface area contributed by atoms with E-state index in [1.165, 1.54) is 19.1 Å². The van der Waals surface area contributed by atoms with Crippen molar-refractivity contribution in [2.45, 2.75) is 6.92 Å². The van der Waals surface area contributed by atoms with E-state index in [2.05, 4.69) is 4.74 Å². The molecule has 0 amide bonds. The van der Waals surface area contributed by atoms with Crippen LogP contribution in [0.5, 0.6) is 5.75 Å². The summed E-state index contributed by atoms with van der Waals surface area (Å²) in [6.07, 6.45) is 0. The summed E-state index contributed by atoms with van der Waals surface area (Å²) in [7, 11) is 0. The van der Waals surface area contributed by atoms with Crippen LogP contribution in [0, 0.1) is 0 Å². The summed E-state index contributed by atoms with van der Waals surface area (Å²) in [4.78, 5) is 21.2. The van der Waals surface area contributed by atoms with Crippen molar-refractivity contribution in [3.8, 4) is 5.75 Å². The first-order valence-corrected chi connectivity index (χ1v) is 3.62. The molecule has 1 rings (SSSR count). The van der Waals surface area contributed by atoms with E-state index < -0.39 is 11.9 Å². The summed E-state index contributed by atoms with van der Waals surface area (Å²) >= 11 is 0. The third-order valence-corrected chi connectivity index (χ3v) is 1.37. The topological polar surface area (TPSA) is 95.1 Å². The van der Waals surface area contributed by atoms with Gasteiger partial charge in [-0.25, -0.2) is 4.79 Å². The molecule has 0 saturated heterocycles. The number of ether oxygens (including phenoxy) is 1. The largest absolute Gasteiger partial charge is 0.478 e. The zero-order valence-electron chi connectivity index (χ0n) is 8.06. The molecule has 0 atom stereocenters. The van der Waals surface area contributed by atoms with Crippen molar-refractivity contribution < 1.29 is 24.9 Å². The normalized spacial score (nSPS) is 8.07. The molecule has 0 bridgehead atoms. The highest BCUT2D eigenvalue weighted by molar-refractivity contribution is 5.91. The molecule has 0 aliphatic heterocycles. The number of hydrogen-bond acceptors (Lipinski definition) is 3. The fourth-order valence-electron chi connectivity index (χ4n) is 0.887. The number of hydrogen-bond donors (Lipinski definition) is 1. The minimum absolute atomic E-state index is 0. The van der Waals surface area contributed by atoms with Gasteiger partial charge in [0, 0.05) is 24.3 Å². The molecule has 0 spiro atoms. The highest BCUT2D eigenvalue weighted by Gasteiger charge is 2.10. The van der Waals surface area contributed by atoms with Crippen molar-refractivity contribution in [1.82, 2.24) is 0 Å². The van der Waals surface area contributed by atoms with Crippen LogP contribution in [0.3, 0.4) is 0 Å². The molecule has 0 unspecified atom stereocenters. The first-order chi connectivity index (χ1) is 6.11. The molecule has 0 aromatic heterocycles. The lowest BCUT2D eigenvalue weighted by Gasteiger charge is -2.03. The van der Waals surface area contributed by atoms with Crippen molar-refractivity contribution in [3.05, 3.63) is 29.8 Å². The molecule has 1 aromatic rings. The molecule has 0 heterocycles. The van der Waals surface area contributed by atoms with E-state index in [0.717, 1.165) is 0 Å². The van der Waals surface area contributed by atoms with E-state index in [9.17, 15) is 9.59 Å². The van der Waals surface area contributed by atoms with E-state index in [1.54, 1.807) is 12.1 Å². The maximum Gasteiger partial charge on any atom is 0.339 e. The predicted octanol–water partition coefficient (Wildman–Crippen LogP) is 0.105. The van der Waals surface area contributed by atoms with Crippen LogP contribution < -0.4 is 4.74 Å². The number of para-hydroxylation sites is 1. The lowest BCUT2D eigenvalue weighted by atomic mass is 10.2. The fourth-order valence-corrected chi connectivity index (χ4v) is 0.887. The van der Waals surface area contributed by atoms with Crippen molar-refractivity contribution in [2.75, 3.05) is 0 Å². The number of carboxylic acid groups (broad SMARTS) is 1. The Morgan fingerprint density at radius 3 is 2.27 bits per heavy atom. The molecule has 0 aliphatic carbocycles. The van der Waals surface area contributed by atoms with Gasteiger partial charge >= 0.3 is 11.9 Å². The standard InChI is InChI=1S/C9H8O4.Al.H2O/c1-6(10)13-8-5-3-2-4-7(8)9(11)12;;/h2-5H,1H3,(H,11,12);;1H2. The SMILES string of the molecule is CC(=O)Oc1ccccc1C(=O)O.O.[Al]. The fraction of sp³-hybridized carbons (Fsp3) is 0.111. The minimum atomic E-state index is -1.11. The summed E-state index contributed by atoms with van der Waals surface area (Å²) in [5.41, 5.74) is -0.0160. The zero-order chi connectivity index (χ0) is 9.84. The molecule has 5 nitrogen and oxygen atoms in total. The second-order valence-corrected chi connectivity index (χ2v) is 2.39. The summed E-state index contributed by atoms with van der Waals surface area (Å²) in [6, 6.07) is 5.98. The van der Waals surface area contributed by atoms with Gasteiger partial charge in [0.05, 0.1) is 0 Å². The van der Waals surface area contributed by atoms with Crippen LogP contribution >= 0.6 is 0 Å². The number of carboxylic acids is 1. The van der Waals surface area contributed by atoms with Gasteiger partial charge in [-0.15, -0.1) is 0 Å². The predicted molar refractivity (Wildman–Crippen MR) is 54.1 cm³/mol. The third-order valence-electron chi connectivity index (χ3n) is 1.37. The molecule has 3 N–H and O–H groups in total. The lowest BCUT2D eigenvalue weighted by molar-refractivity contribution is -0.131. The van der Waals surface area contributed by atoms with Gasteiger partial charge in [-0.1, -0.05) is 12.1 Å².